The van der Waals surface area contributed by atoms with Gasteiger partial charge in [0.1, 0.15) is 0 Å². The van der Waals surface area contributed by atoms with Crippen LogP contribution >= 0.6 is 0 Å². The summed E-state index contributed by atoms with van der Waals surface area (Å²) in [5.41, 5.74) is 3.88. The topological polar surface area (TPSA) is 67.7 Å². The number of hydrogen-bond acceptors (Lipinski definition) is 4. The molecule has 172 valence electrons. The van der Waals surface area contributed by atoms with Crippen molar-refractivity contribution in [3.8, 4) is 0 Å². The lowest BCUT2D eigenvalue weighted by Gasteiger charge is -2.30. The minimum Gasteiger partial charge on any atom is -0.378 e. The maximum Gasteiger partial charge on any atom is 0.274 e. The van der Waals surface area contributed by atoms with Crippen molar-refractivity contribution in [2.45, 2.75) is 52.6 Å². The highest BCUT2D eigenvalue weighted by molar-refractivity contribution is 5.94. The molecule has 0 aliphatic carbocycles. The third-order valence-corrected chi connectivity index (χ3v) is 6.25. The van der Waals surface area contributed by atoms with Crippen LogP contribution in [-0.4, -0.2) is 64.2 Å². The normalized spacial score (nSPS) is 16.3. The molecule has 7 nitrogen and oxygen atoms in total. The van der Waals surface area contributed by atoms with Crippen LogP contribution in [0.5, 0.6) is 0 Å². The molecule has 3 heterocycles. The molecular weight excluding hydrogens is 404 g/mol. The molecule has 4 rings (SSSR count). The lowest BCUT2D eigenvalue weighted by molar-refractivity contribution is -0.132. The summed E-state index contributed by atoms with van der Waals surface area (Å²) in [6, 6.07) is 10.4. The molecule has 2 amide bonds. The molecule has 1 saturated heterocycles. The second kappa shape index (κ2) is 10.3. The molecule has 0 spiro atoms. The van der Waals surface area contributed by atoms with Crippen molar-refractivity contribution in [3.63, 3.8) is 0 Å². The third-order valence-electron chi connectivity index (χ3n) is 6.25. The molecular formula is C25H34N4O3. The predicted molar refractivity (Wildman–Crippen MR) is 122 cm³/mol. The van der Waals surface area contributed by atoms with E-state index in [9.17, 15) is 9.59 Å². The fourth-order valence-corrected chi connectivity index (χ4v) is 4.53. The number of nitrogens with zero attached hydrogens (tertiary/aromatic N) is 4. The van der Waals surface area contributed by atoms with Crippen molar-refractivity contribution in [1.82, 2.24) is 19.6 Å². The standard InChI is InChI=1S/C25H34N4O3/c1-19(2)17-23(30)28-12-10-22-21(18-28)24(25(31)27-13-15-32-16-14-27)26-29(22)11-6-9-20-7-4-3-5-8-20/h3-5,7-8,19H,6,9-18H2,1-2H3. The Balaban J connectivity index is 1.54. The number of ether oxygens (including phenoxy) is 1. The Kier molecular flexibility index (Phi) is 7.25. The number of carbonyl (C=O) groups excluding carboxylic acids is 2. The van der Waals surface area contributed by atoms with Crippen molar-refractivity contribution < 1.29 is 14.3 Å². The van der Waals surface area contributed by atoms with Gasteiger partial charge in [0.25, 0.3) is 5.91 Å². The van der Waals surface area contributed by atoms with E-state index < -0.39 is 0 Å². The van der Waals surface area contributed by atoms with Crippen molar-refractivity contribution >= 4 is 11.8 Å². The average Bonchev–Trinajstić information content (AvgIpc) is 3.17. The predicted octanol–water partition coefficient (Wildman–Crippen LogP) is 2.92. The van der Waals surface area contributed by atoms with E-state index >= 15 is 0 Å². The second-order valence-corrected chi connectivity index (χ2v) is 9.15. The maximum absolute atomic E-state index is 13.3. The van der Waals surface area contributed by atoms with E-state index in [2.05, 4.69) is 38.1 Å². The summed E-state index contributed by atoms with van der Waals surface area (Å²) in [4.78, 5) is 29.8. The molecule has 0 unspecified atom stereocenters. The van der Waals surface area contributed by atoms with Crippen molar-refractivity contribution in [2.24, 2.45) is 5.92 Å². The number of morpholine rings is 1. The van der Waals surface area contributed by atoms with E-state index in [0.29, 0.717) is 57.4 Å². The van der Waals surface area contributed by atoms with Gasteiger partial charge in [-0.05, 0) is 24.3 Å². The third kappa shape index (κ3) is 5.21. The number of fused-ring (bicyclic) bond motifs is 1. The Morgan fingerprint density at radius 1 is 1.06 bits per heavy atom. The zero-order valence-electron chi connectivity index (χ0n) is 19.3. The molecule has 7 heteroatoms. The highest BCUT2D eigenvalue weighted by Crippen LogP contribution is 2.26. The van der Waals surface area contributed by atoms with Gasteiger partial charge in [-0.25, -0.2) is 0 Å². The first-order valence-corrected chi connectivity index (χ1v) is 11.8. The van der Waals surface area contributed by atoms with Crippen LogP contribution in [0.4, 0.5) is 0 Å². The second-order valence-electron chi connectivity index (χ2n) is 9.15. The SMILES string of the molecule is CC(C)CC(=O)N1CCc2c(c(C(=O)N3CCOCC3)nn2CCCc2ccccc2)C1. The van der Waals surface area contributed by atoms with Crippen LogP contribution in [0.3, 0.4) is 0 Å². The molecule has 0 saturated carbocycles. The number of benzene rings is 1. The largest absolute Gasteiger partial charge is 0.378 e. The van der Waals surface area contributed by atoms with E-state index in [-0.39, 0.29) is 11.8 Å². The summed E-state index contributed by atoms with van der Waals surface area (Å²) in [5.74, 6) is 0.441. The highest BCUT2D eigenvalue weighted by atomic mass is 16.5. The van der Waals surface area contributed by atoms with Crippen LogP contribution in [0.15, 0.2) is 30.3 Å². The number of aryl methyl sites for hydroxylation is 2. The van der Waals surface area contributed by atoms with Crippen LogP contribution in [-0.2, 0) is 35.5 Å². The molecule has 0 bridgehead atoms. The molecule has 0 N–H and O–H groups in total. The molecule has 2 aliphatic heterocycles. The van der Waals surface area contributed by atoms with Crippen molar-refractivity contribution in [1.29, 1.82) is 0 Å². The average molecular weight is 439 g/mol. The summed E-state index contributed by atoms with van der Waals surface area (Å²) < 4.78 is 7.44. The molecule has 32 heavy (non-hydrogen) atoms. The van der Waals surface area contributed by atoms with Gasteiger partial charge in [0.2, 0.25) is 5.91 Å². The highest BCUT2D eigenvalue weighted by Gasteiger charge is 2.32. The molecule has 1 aromatic heterocycles. The molecule has 0 radical (unpaired) electrons. The summed E-state index contributed by atoms with van der Waals surface area (Å²) in [6.45, 7) is 8.36. The first-order chi connectivity index (χ1) is 15.5. The van der Waals surface area contributed by atoms with Crippen LogP contribution in [0, 0.1) is 5.92 Å². The van der Waals surface area contributed by atoms with Gasteiger partial charge >= 0.3 is 0 Å². The summed E-state index contributed by atoms with van der Waals surface area (Å²) in [7, 11) is 0. The number of aromatic nitrogens is 2. The van der Waals surface area contributed by atoms with Gasteiger partial charge in [-0.2, -0.15) is 5.10 Å². The smallest absolute Gasteiger partial charge is 0.274 e. The first-order valence-electron chi connectivity index (χ1n) is 11.8. The molecule has 2 aliphatic rings. The summed E-state index contributed by atoms with van der Waals surface area (Å²) in [6.07, 6.45) is 3.21. The van der Waals surface area contributed by atoms with Gasteiger partial charge < -0.3 is 14.5 Å². The Morgan fingerprint density at radius 3 is 2.53 bits per heavy atom. The summed E-state index contributed by atoms with van der Waals surface area (Å²) >= 11 is 0. The Morgan fingerprint density at radius 2 is 1.81 bits per heavy atom. The number of rotatable bonds is 7. The monoisotopic (exact) mass is 438 g/mol. The van der Waals surface area contributed by atoms with Gasteiger partial charge in [-0.3, -0.25) is 14.3 Å². The summed E-state index contributed by atoms with van der Waals surface area (Å²) in [5, 5.41) is 4.80. The Bertz CT molecular complexity index is 932. The molecule has 2 aromatic rings. The quantitative estimate of drug-likeness (QED) is 0.667. The van der Waals surface area contributed by atoms with E-state index in [1.165, 1.54) is 5.56 Å². The van der Waals surface area contributed by atoms with Crippen molar-refractivity contribution in [2.75, 3.05) is 32.8 Å². The minimum atomic E-state index is -0.0375. The van der Waals surface area contributed by atoms with Crippen LogP contribution in [0.25, 0.3) is 0 Å². The maximum atomic E-state index is 13.3. The fraction of sp³-hybridized carbons (Fsp3) is 0.560. The van der Waals surface area contributed by atoms with Crippen molar-refractivity contribution in [3.05, 3.63) is 52.8 Å². The van der Waals surface area contributed by atoms with E-state index in [4.69, 9.17) is 9.84 Å². The lowest BCUT2D eigenvalue weighted by Crippen LogP contribution is -2.42. The van der Waals surface area contributed by atoms with Crippen LogP contribution in [0.2, 0.25) is 0 Å². The zero-order valence-corrected chi connectivity index (χ0v) is 19.3. The van der Waals surface area contributed by atoms with Gasteiger partial charge in [0.05, 0.1) is 13.2 Å². The number of carbonyl (C=O) groups is 2. The zero-order chi connectivity index (χ0) is 22.5. The van der Waals surface area contributed by atoms with Crippen LogP contribution in [0.1, 0.15) is 54.0 Å². The fourth-order valence-electron chi connectivity index (χ4n) is 4.53. The Hall–Kier alpha value is -2.67. The molecule has 0 atom stereocenters. The lowest BCUT2D eigenvalue weighted by atomic mass is 10.0. The minimum absolute atomic E-state index is 0.0375. The van der Waals surface area contributed by atoms with E-state index in [0.717, 1.165) is 37.1 Å². The Labute approximate surface area is 190 Å². The van der Waals surface area contributed by atoms with Gasteiger partial charge in [-0.15, -0.1) is 0 Å². The van der Waals surface area contributed by atoms with E-state index in [1.807, 2.05) is 20.5 Å². The number of hydrogen-bond donors (Lipinski definition) is 0. The molecule has 1 aromatic carbocycles. The number of amides is 2. The molecule has 1 fully saturated rings. The first kappa shape index (κ1) is 22.5. The van der Waals surface area contributed by atoms with Gasteiger partial charge in [0.15, 0.2) is 5.69 Å². The van der Waals surface area contributed by atoms with Gasteiger partial charge in [-0.1, -0.05) is 44.2 Å². The van der Waals surface area contributed by atoms with E-state index in [1.54, 1.807) is 0 Å². The van der Waals surface area contributed by atoms with Gasteiger partial charge in [0, 0.05) is 56.8 Å². The van der Waals surface area contributed by atoms with Crippen LogP contribution < -0.4 is 0 Å².